The van der Waals surface area contributed by atoms with E-state index in [1.807, 2.05) is 6.92 Å². The highest BCUT2D eigenvalue weighted by molar-refractivity contribution is 7.89. The Morgan fingerprint density at radius 2 is 2.00 bits per heavy atom. The van der Waals surface area contributed by atoms with Gasteiger partial charge in [0.1, 0.15) is 5.92 Å². The molecule has 1 saturated heterocycles. The third-order valence-electron chi connectivity index (χ3n) is 4.73. The van der Waals surface area contributed by atoms with Crippen LogP contribution in [0.4, 0.5) is 0 Å². The summed E-state index contributed by atoms with van der Waals surface area (Å²) in [5, 5.41) is 8.00. The molecule has 3 atom stereocenters. The fraction of sp³-hybridized carbons (Fsp3) is 0.556. The number of rotatable bonds is 7. The predicted molar refractivity (Wildman–Crippen MR) is 99.3 cm³/mol. The summed E-state index contributed by atoms with van der Waals surface area (Å²) in [7, 11) is -3.73. The molecule has 9 heteroatoms. The van der Waals surface area contributed by atoms with E-state index in [9.17, 15) is 18.0 Å². The van der Waals surface area contributed by atoms with Crippen LogP contribution in [-0.2, 0) is 24.3 Å². The van der Waals surface area contributed by atoms with Gasteiger partial charge < -0.3 is 15.0 Å². The van der Waals surface area contributed by atoms with Crippen LogP contribution < -0.4 is 15.4 Å². The first-order valence-corrected chi connectivity index (χ1v) is 10.7. The van der Waals surface area contributed by atoms with E-state index in [2.05, 4.69) is 5.32 Å². The van der Waals surface area contributed by atoms with Gasteiger partial charge >= 0.3 is 5.97 Å². The summed E-state index contributed by atoms with van der Waals surface area (Å²) in [4.78, 5) is 25.4. The summed E-state index contributed by atoms with van der Waals surface area (Å²) in [6, 6.07) is 5.85. The molecule has 150 valence electrons. The smallest absolute Gasteiger partial charge is 0.314 e. The molecule has 0 aromatic heterocycles. The van der Waals surface area contributed by atoms with Crippen molar-refractivity contribution in [3.05, 3.63) is 29.8 Å². The Labute approximate surface area is 160 Å². The average molecular weight is 399 g/mol. The molecule has 1 aliphatic heterocycles. The second-order valence-electron chi connectivity index (χ2n) is 6.88. The van der Waals surface area contributed by atoms with Crippen LogP contribution in [-0.4, -0.2) is 46.5 Å². The lowest BCUT2D eigenvalue weighted by molar-refractivity contribution is -0.899. The summed E-state index contributed by atoms with van der Waals surface area (Å²) < 4.78 is 27.7. The number of nitrogens with one attached hydrogen (secondary N) is 2. The molecule has 0 bridgehead atoms. The second-order valence-corrected chi connectivity index (χ2v) is 8.44. The van der Waals surface area contributed by atoms with Crippen molar-refractivity contribution in [3.63, 3.8) is 0 Å². The third kappa shape index (κ3) is 6.30. The third-order valence-corrected chi connectivity index (χ3v) is 5.66. The Kier molecular flexibility index (Phi) is 7.34. The van der Waals surface area contributed by atoms with E-state index >= 15 is 0 Å². The molecule has 0 saturated carbocycles. The maximum Gasteiger partial charge on any atom is 0.314 e. The van der Waals surface area contributed by atoms with Gasteiger partial charge in [0, 0.05) is 0 Å². The summed E-state index contributed by atoms with van der Waals surface area (Å²) in [6.07, 6.45) is 1.69. The number of hydrogen-bond acceptors (Lipinski definition) is 5. The van der Waals surface area contributed by atoms with E-state index in [-0.39, 0.29) is 35.3 Å². The first-order valence-electron chi connectivity index (χ1n) is 9.13. The van der Waals surface area contributed by atoms with Gasteiger partial charge in [-0.2, -0.15) is 0 Å². The molecule has 1 fully saturated rings. The van der Waals surface area contributed by atoms with Crippen molar-refractivity contribution in [2.45, 2.75) is 37.6 Å². The van der Waals surface area contributed by atoms with Crippen molar-refractivity contribution in [1.82, 2.24) is 5.32 Å². The van der Waals surface area contributed by atoms with E-state index in [1.54, 1.807) is 19.1 Å². The van der Waals surface area contributed by atoms with Gasteiger partial charge in [-0.1, -0.05) is 12.1 Å². The van der Waals surface area contributed by atoms with Crippen molar-refractivity contribution in [1.29, 1.82) is 0 Å². The van der Waals surface area contributed by atoms with E-state index in [0.717, 1.165) is 29.8 Å². The van der Waals surface area contributed by atoms with Gasteiger partial charge in [0.15, 0.2) is 6.54 Å². The summed E-state index contributed by atoms with van der Waals surface area (Å²) in [5.41, 5.74) is 0.786. The van der Waals surface area contributed by atoms with Gasteiger partial charge in [-0.05, 0) is 44.4 Å². The Hall–Kier alpha value is -1.97. The first-order chi connectivity index (χ1) is 12.7. The lowest BCUT2D eigenvalue weighted by atomic mass is 9.98. The number of primary sulfonamides is 1. The number of nitrogens with two attached hydrogens (primary N) is 1. The number of carbonyl (C=O) groups is 2. The quantitative estimate of drug-likeness (QED) is 0.528. The van der Waals surface area contributed by atoms with Gasteiger partial charge in [-0.3, -0.25) is 9.59 Å². The van der Waals surface area contributed by atoms with Crippen LogP contribution in [0, 0.1) is 5.92 Å². The summed E-state index contributed by atoms with van der Waals surface area (Å²) >= 11 is 0. The zero-order valence-electron chi connectivity index (χ0n) is 15.7. The molecular weight excluding hydrogens is 370 g/mol. The molecule has 1 aliphatic rings. The van der Waals surface area contributed by atoms with E-state index in [0.29, 0.717) is 13.2 Å². The highest BCUT2D eigenvalue weighted by Crippen LogP contribution is 2.15. The number of carbonyl (C=O) groups excluding carboxylic acids is 2. The molecule has 1 heterocycles. The maximum absolute atomic E-state index is 12.4. The number of benzene rings is 1. The molecule has 8 nitrogen and oxygen atoms in total. The molecule has 1 unspecified atom stereocenters. The van der Waals surface area contributed by atoms with Gasteiger partial charge in [-0.25, -0.2) is 13.6 Å². The van der Waals surface area contributed by atoms with Gasteiger partial charge in [-0.15, -0.1) is 0 Å². The monoisotopic (exact) mass is 398 g/mol. The number of quaternary nitrogens is 1. The van der Waals surface area contributed by atoms with Crippen LogP contribution in [0.1, 0.15) is 38.3 Å². The van der Waals surface area contributed by atoms with Crippen molar-refractivity contribution >= 4 is 21.9 Å². The molecular formula is C18H28N3O5S+. The number of likely N-dealkylation sites (tertiary alicyclic amines) is 1. The topological polar surface area (TPSA) is 120 Å². The number of piperidine rings is 1. The fourth-order valence-electron chi connectivity index (χ4n) is 3.32. The number of esters is 1. The predicted octanol–water partition coefficient (Wildman–Crippen LogP) is -0.631. The number of hydrogen-bond donors (Lipinski definition) is 3. The standard InChI is InChI=1S/C18H27N3O5S/c1-3-26-18(23)15-5-4-10-21(11-15)12-17(22)20-13(2)14-6-8-16(9-7-14)27(19,24)25/h6-9,13,15H,3-5,10-12H2,1-2H3,(H,20,22)(H2,19,24,25)/p+1/t13-,15+/m0/s1. The molecule has 1 amide bonds. The highest BCUT2D eigenvalue weighted by Gasteiger charge is 2.31. The normalized spacial score (nSPS) is 21.3. The second kappa shape index (κ2) is 9.29. The average Bonchev–Trinajstić information content (AvgIpc) is 2.61. The van der Waals surface area contributed by atoms with Crippen LogP contribution in [0.5, 0.6) is 0 Å². The molecule has 0 spiro atoms. The number of ether oxygens (including phenoxy) is 1. The fourth-order valence-corrected chi connectivity index (χ4v) is 3.84. The Balaban J connectivity index is 1.88. The molecule has 27 heavy (non-hydrogen) atoms. The van der Waals surface area contributed by atoms with Crippen LogP contribution in [0.2, 0.25) is 0 Å². The molecule has 2 rings (SSSR count). The van der Waals surface area contributed by atoms with Crippen molar-refractivity contribution in [3.8, 4) is 0 Å². The van der Waals surface area contributed by atoms with Crippen LogP contribution in [0.25, 0.3) is 0 Å². The molecule has 1 aromatic rings. The van der Waals surface area contributed by atoms with Crippen LogP contribution in [0.15, 0.2) is 29.2 Å². The Morgan fingerprint density at radius 3 is 2.59 bits per heavy atom. The minimum absolute atomic E-state index is 0.0348. The number of amides is 1. The van der Waals surface area contributed by atoms with Crippen LogP contribution in [0.3, 0.4) is 0 Å². The SMILES string of the molecule is CCOC(=O)[C@@H]1CCC[NH+](CC(=O)N[C@@H](C)c2ccc(S(N)(=O)=O)cc2)C1. The minimum atomic E-state index is -3.73. The lowest BCUT2D eigenvalue weighted by Gasteiger charge is -2.28. The zero-order chi connectivity index (χ0) is 20.0. The lowest BCUT2D eigenvalue weighted by Crippen LogP contribution is -3.14. The molecule has 4 N–H and O–H groups in total. The maximum atomic E-state index is 12.4. The Morgan fingerprint density at radius 1 is 1.33 bits per heavy atom. The van der Waals surface area contributed by atoms with Crippen molar-refractivity contribution in [2.24, 2.45) is 11.1 Å². The molecule has 0 aliphatic carbocycles. The van der Waals surface area contributed by atoms with Crippen LogP contribution >= 0.6 is 0 Å². The van der Waals surface area contributed by atoms with E-state index in [4.69, 9.17) is 9.88 Å². The van der Waals surface area contributed by atoms with Crippen molar-refractivity contribution < 1.29 is 27.6 Å². The van der Waals surface area contributed by atoms with E-state index in [1.165, 1.54) is 12.1 Å². The van der Waals surface area contributed by atoms with Gasteiger partial charge in [0.25, 0.3) is 5.91 Å². The zero-order valence-corrected chi connectivity index (χ0v) is 16.6. The highest BCUT2D eigenvalue weighted by atomic mass is 32.2. The molecule has 0 radical (unpaired) electrons. The Bertz CT molecular complexity index is 764. The molecule has 1 aromatic carbocycles. The van der Waals surface area contributed by atoms with Gasteiger partial charge in [0.2, 0.25) is 10.0 Å². The first kappa shape index (κ1) is 21.3. The summed E-state index contributed by atoms with van der Waals surface area (Å²) in [6.45, 7) is 5.72. The van der Waals surface area contributed by atoms with Crippen molar-refractivity contribution in [2.75, 3.05) is 26.2 Å². The number of sulfonamides is 1. The largest absolute Gasteiger partial charge is 0.466 e. The minimum Gasteiger partial charge on any atom is -0.466 e. The van der Waals surface area contributed by atoms with E-state index < -0.39 is 10.0 Å². The summed E-state index contributed by atoms with van der Waals surface area (Å²) in [5.74, 6) is -0.444. The van der Waals surface area contributed by atoms with Gasteiger partial charge in [0.05, 0.1) is 30.6 Å².